The number of halogens is 2. The van der Waals surface area contributed by atoms with Gasteiger partial charge in [0.25, 0.3) is 5.88 Å². The normalized spacial score (nSPS) is 24.3. The quantitative estimate of drug-likeness (QED) is 0.566. The zero-order valence-electron chi connectivity index (χ0n) is 20.4. The van der Waals surface area contributed by atoms with Gasteiger partial charge in [0.1, 0.15) is 23.8 Å². The van der Waals surface area contributed by atoms with Crippen LogP contribution in [0.15, 0.2) is 29.4 Å². The summed E-state index contributed by atoms with van der Waals surface area (Å²) in [5.41, 5.74) is -0.498. The first-order valence-corrected chi connectivity index (χ1v) is 14.0. The maximum absolute atomic E-state index is 15.3. The first kappa shape index (κ1) is 25.6. The summed E-state index contributed by atoms with van der Waals surface area (Å²) in [5.74, 6) is -2.88. The number of rotatable bonds is 7. The SMILES string of the molecule is CCC1(OC(=O)N2CC3COCC(C2)C3Oc2ncnc(Nc3ccc(S(C)(=O)=O)cc3F)c2F)CC1. The topological polar surface area (TPSA) is 120 Å². The first-order valence-electron chi connectivity index (χ1n) is 12.1. The molecule has 1 aromatic heterocycles. The van der Waals surface area contributed by atoms with Crippen molar-refractivity contribution in [3.05, 3.63) is 36.2 Å². The van der Waals surface area contributed by atoms with E-state index in [0.717, 1.165) is 37.9 Å². The van der Waals surface area contributed by atoms with Crippen LogP contribution in [0.25, 0.3) is 0 Å². The Hall–Kier alpha value is -3.06. The summed E-state index contributed by atoms with van der Waals surface area (Å²) in [4.78, 5) is 22.0. The predicted molar refractivity (Wildman–Crippen MR) is 127 cm³/mol. The fourth-order valence-electron chi connectivity index (χ4n) is 4.77. The number of carbonyl (C=O) groups is 1. The molecule has 2 unspecified atom stereocenters. The molecule has 2 aromatic rings. The Morgan fingerprint density at radius 1 is 1.22 bits per heavy atom. The Labute approximate surface area is 213 Å². The number of amides is 1. The van der Waals surface area contributed by atoms with Gasteiger partial charge in [-0.25, -0.2) is 22.6 Å². The monoisotopic (exact) mass is 538 g/mol. The van der Waals surface area contributed by atoms with Crippen LogP contribution in [0.1, 0.15) is 26.2 Å². The van der Waals surface area contributed by atoms with Gasteiger partial charge in [0.15, 0.2) is 15.7 Å². The Morgan fingerprint density at radius 3 is 2.51 bits per heavy atom. The van der Waals surface area contributed by atoms with Gasteiger partial charge >= 0.3 is 6.09 Å². The van der Waals surface area contributed by atoms with E-state index < -0.39 is 27.6 Å². The smallest absolute Gasteiger partial charge is 0.410 e. The first-order chi connectivity index (χ1) is 17.6. The Balaban J connectivity index is 1.29. The number of nitrogens with zero attached hydrogens (tertiary/aromatic N) is 3. The van der Waals surface area contributed by atoms with E-state index in [4.69, 9.17) is 14.2 Å². The molecule has 3 heterocycles. The number of anilines is 2. The third-order valence-corrected chi connectivity index (χ3v) is 8.25. The number of sulfone groups is 1. The number of ether oxygens (including phenoxy) is 3. The molecule has 10 nitrogen and oxygen atoms in total. The van der Waals surface area contributed by atoms with E-state index >= 15 is 4.39 Å². The number of hydrogen-bond donors (Lipinski definition) is 1. The van der Waals surface area contributed by atoms with Gasteiger partial charge < -0.3 is 24.4 Å². The second-order valence-corrected chi connectivity index (χ2v) is 11.8. The van der Waals surface area contributed by atoms with Crippen molar-refractivity contribution < 1.29 is 36.2 Å². The van der Waals surface area contributed by atoms with E-state index in [9.17, 15) is 17.6 Å². The van der Waals surface area contributed by atoms with Crippen molar-refractivity contribution in [2.24, 2.45) is 11.8 Å². The van der Waals surface area contributed by atoms with E-state index in [-0.39, 0.29) is 45.8 Å². The molecule has 3 aliphatic rings. The van der Waals surface area contributed by atoms with E-state index in [1.165, 1.54) is 12.1 Å². The van der Waals surface area contributed by atoms with E-state index in [1.807, 2.05) is 6.92 Å². The van der Waals surface area contributed by atoms with Crippen LogP contribution in [0.4, 0.5) is 25.1 Å². The highest BCUT2D eigenvalue weighted by Gasteiger charge is 2.49. The van der Waals surface area contributed by atoms with Crippen LogP contribution in [0, 0.1) is 23.5 Å². The van der Waals surface area contributed by atoms with Crippen LogP contribution in [-0.2, 0) is 19.3 Å². The van der Waals surface area contributed by atoms with Gasteiger partial charge in [0.2, 0.25) is 5.82 Å². The summed E-state index contributed by atoms with van der Waals surface area (Å²) in [7, 11) is -3.60. The lowest BCUT2D eigenvalue weighted by molar-refractivity contribution is -0.113. The second kappa shape index (κ2) is 9.67. The Bertz CT molecular complexity index is 1290. The molecule has 0 radical (unpaired) electrons. The summed E-state index contributed by atoms with van der Waals surface area (Å²) < 4.78 is 70.4. The molecule has 2 saturated heterocycles. The van der Waals surface area contributed by atoms with Crippen LogP contribution >= 0.6 is 0 Å². The summed E-state index contributed by atoms with van der Waals surface area (Å²) in [6.07, 6.45) is 3.77. The van der Waals surface area contributed by atoms with Crippen LogP contribution in [-0.4, -0.2) is 73.6 Å². The van der Waals surface area contributed by atoms with Gasteiger partial charge in [0.05, 0.1) is 23.8 Å². The maximum atomic E-state index is 15.3. The van der Waals surface area contributed by atoms with Crippen LogP contribution in [0.2, 0.25) is 0 Å². The fourth-order valence-corrected chi connectivity index (χ4v) is 5.40. The molecular formula is C24H28F2N4O6S. The molecule has 1 saturated carbocycles. The number of piperidine rings is 1. The summed E-state index contributed by atoms with van der Waals surface area (Å²) in [5, 5.41) is 2.53. The highest BCUT2D eigenvalue weighted by molar-refractivity contribution is 7.90. The van der Waals surface area contributed by atoms with Gasteiger partial charge in [-0.3, -0.25) is 0 Å². The fraction of sp³-hybridized carbons (Fsp3) is 0.542. The summed E-state index contributed by atoms with van der Waals surface area (Å²) in [6, 6.07) is 3.25. The van der Waals surface area contributed by atoms with Crippen molar-refractivity contribution in [2.45, 2.75) is 42.8 Å². The summed E-state index contributed by atoms with van der Waals surface area (Å²) >= 11 is 0. The number of likely N-dealkylation sites (tertiary alicyclic amines) is 1. The lowest BCUT2D eigenvalue weighted by Crippen LogP contribution is -2.59. The number of hydrogen-bond acceptors (Lipinski definition) is 9. The van der Waals surface area contributed by atoms with Crippen molar-refractivity contribution >= 4 is 27.4 Å². The molecule has 200 valence electrons. The molecule has 1 aliphatic carbocycles. The average Bonchev–Trinajstić information content (AvgIpc) is 3.61. The molecule has 1 N–H and O–H groups in total. The molecule has 2 atom stereocenters. The van der Waals surface area contributed by atoms with Gasteiger partial charge in [-0.05, 0) is 37.5 Å². The molecule has 1 amide bonds. The number of benzene rings is 1. The van der Waals surface area contributed by atoms with Gasteiger partial charge in [-0.15, -0.1) is 0 Å². The maximum Gasteiger partial charge on any atom is 0.410 e. The lowest BCUT2D eigenvalue weighted by Gasteiger charge is -2.46. The molecule has 2 aliphatic heterocycles. The molecular weight excluding hydrogens is 510 g/mol. The van der Waals surface area contributed by atoms with Crippen LogP contribution in [0.5, 0.6) is 5.88 Å². The molecule has 3 fully saturated rings. The van der Waals surface area contributed by atoms with Crippen LogP contribution < -0.4 is 10.1 Å². The third kappa shape index (κ3) is 5.33. The third-order valence-electron chi connectivity index (χ3n) is 7.14. The van der Waals surface area contributed by atoms with Crippen molar-refractivity contribution in [2.75, 3.05) is 37.9 Å². The molecule has 2 bridgehead atoms. The van der Waals surface area contributed by atoms with Crippen LogP contribution in [0.3, 0.4) is 0 Å². The minimum absolute atomic E-state index is 0.159. The van der Waals surface area contributed by atoms with Crippen molar-refractivity contribution in [3.8, 4) is 5.88 Å². The van der Waals surface area contributed by atoms with Crippen molar-refractivity contribution in [3.63, 3.8) is 0 Å². The zero-order valence-corrected chi connectivity index (χ0v) is 21.3. The molecule has 1 aromatic carbocycles. The van der Waals surface area contributed by atoms with Gasteiger partial charge in [-0.1, -0.05) is 6.92 Å². The average molecular weight is 539 g/mol. The number of carbonyl (C=O) groups excluding carboxylic acids is 1. The van der Waals surface area contributed by atoms with Gasteiger partial charge in [0, 0.05) is 31.2 Å². The Morgan fingerprint density at radius 2 is 1.92 bits per heavy atom. The standard InChI is InChI=1S/C24H28F2N4O6S/c1-3-24(6-7-24)36-23(31)30-9-14-11-34-12-15(10-30)20(14)35-22-19(26)21(27-13-28-22)29-18-5-4-16(8-17(18)25)37(2,32)33/h4-5,8,13-15,20H,3,6-7,9-12H2,1-2H3,(H,27,28,29). The van der Waals surface area contributed by atoms with Crippen molar-refractivity contribution in [1.82, 2.24) is 14.9 Å². The summed E-state index contributed by atoms with van der Waals surface area (Å²) in [6.45, 7) is 3.35. The molecule has 0 spiro atoms. The number of nitrogens with one attached hydrogen (secondary N) is 1. The second-order valence-electron chi connectivity index (χ2n) is 9.83. The largest absolute Gasteiger partial charge is 0.471 e. The lowest BCUT2D eigenvalue weighted by atomic mass is 9.84. The predicted octanol–water partition coefficient (Wildman–Crippen LogP) is 3.31. The molecule has 37 heavy (non-hydrogen) atoms. The highest BCUT2D eigenvalue weighted by atomic mass is 32.2. The van der Waals surface area contributed by atoms with Gasteiger partial charge in [-0.2, -0.15) is 9.37 Å². The minimum atomic E-state index is -3.60. The molecule has 13 heteroatoms. The number of fused-ring (bicyclic) bond motifs is 2. The molecule has 5 rings (SSSR count). The number of aromatic nitrogens is 2. The van der Waals surface area contributed by atoms with E-state index in [1.54, 1.807) is 4.90 Å². The Kier molecular flexibility index (Phi) is 6.69. The van der Waals surface area contributed by atoms with E-state index in [2.05, 4.69) is 15.3 Å². The van der Waals surface area contributed by atoms with E-state index in [0.29, 0.717) is 26.3 Å². The highest BCUT2D eigenvalue weighted by Crippen LogP contribution is 2.43. The zero-order chi connectivity index (χ0) is 26.4. The minimum Gasteiger partial charge on any atom is -0.471 e. The van der Waals surface area contributed by atoms with Crippen molar-refractivity contribution in [1.29, 1.82) is 0 Å².